The molecule has 0 saturated carbocycles. The van der Waals surface area contributed by atoms with Gasteiger partial charge in [-0.15, -0.1) is 11.3 Å². The van der Waals surface area contributed by atoms with Gasteiger partial charge in [-0.3, -0.25) is 0 Å². The van der Waals surface area contributed by atoms with Crippen LogP contribution in [0.4, 0.5) is 0 Å². The van der Waals surface area contributed by atoms with E-state index < -0.39 is 0 Å². The van der Waals surface area contributed by atoms with Crippen LogP contribution in [-0.2, 0) is 0 Å². The van der Waals surface area contributed by atoms with Crippen molar-refractivity contribution in [2.75, 3.05) is 20.1 Å². The number of halogens is 1. The Balaban J connectivity index is 1.80. The number of aromatic nitrogens is 1. The summed E-state index contributed by atoms with van der Waals surface area (Å²) in [5.41, 5.74) is 2.31. The van der Waals surface area contributed by atoms with Crippen molar-refractivity contribution in [1.82, 2.24) is 9.88 Å². The molecule has 2 nitrogen and oxygen atoms in total. The Morgan fingerprint density at radius 3 is 2.84 bits per heavy atom. The second-order valence-electron chi connectivity index (χ2n) is 5.16. The van der Waals surface area contributed by atoms with Crippen LogP contribution < -0.4 is 0 Å². The van der Waals surface area contributed by atoms with E-state index >= 15 is 0 Å². The predicted molar refractivity (Wildman–Crippen MR) is 84.7 cm³/mol. The van der Waals surface area contributed by atoms with Crippen LogP contribution in [0.2, 0.25) is 0 Å². The third kappa shape index (κ3) is 3.07. The standard InChI is InChI=1S/C15H17BrN2S/c1-18-7-5-11(6-8-18)15-17-14(10-19-15)12-3-2-4-13(16)9-12/h2-4,9-11H,5-8H2,1H3. The first-order valence-corrected chi connectivity index (χ1v) is 8.29. The van der Waals surface area contributed by atoms with Gasteiger partial charge in [-0.2, -0.15) is 0 Å². The third-order valence-corrected chi connectivity index (χ3v) is 5.21. The van der Waals surface area contributed by atoms with Gasteiger partial charge in [0, 0.05) is 21.3 Å². The predicted octanol–water partition coefficient (Wildman–Crippen LogP) is 4.38. The fourth-order valence-electron chi connectivity index (χ4n) is 2.51. The molecular formula is C15H17BrN2S. The first kappa shape index (κ1) is 13.3. The molecular weight excluding hydrogens is 320 g/mol. The minimum Gasteiger partial charge on any atom is -0.306 e. The average Bonchev–Trinajstić information content (AvgIpc) is 2.89. The van der Waals surface area contributed by atoms with Crippen LogP contribution in [0.25, 0.3) is 11.3 Å². The summed E-state index contributed by atoms with van der Waals surface area (Å²) in [5.74, 6) is 0.655. The maximum Gasteiger partial charge on any atom is 0.0964 e. The molecule has 19 heavy (non-hydrogen) atoms. The number of benzene rings is 1. The van der Waals surface area contributed by atoms with Crippen molar-refractivity contribution >= 4 is 27.3 Å². The Hall–Kier alpha value is -0.710. The van der Waals surface area contributed by atoms with Gasteiger partial charge in [-0.1, -0.05) is 28.1 Å². The summed E-state index contributed by atoms with van der Waals surface area (Å²) in [6.45, 7) is 2.38. The minimum absolute atomic E-state index is 0.655. The number of hydrogen-bond acceptors (Lipinski definition) is 3. The van der Waals surface area contributed by atoms with Crippen molar-refractivity contribution in [2.45, 2.75) is 18.8 Å². The van der Waals surface area contributed by atoms with E-state index in [-0.39, 0.29) is 0 Å². The zero-order chi connectivity index (χ0) is 13.2. The molecule has 2 heterocycles. The second-order valence-corrected chi connectivity index (χ2v) is 6.96. The summed E-state index contributed by atoms with van der Waals surface area (Å²) in [4.78, 5) is 7.25. The molecule has 1 fully saturated rings. The summed E-state index contributed by atoms with van der Waals surface area (Å²) in [7, 11) is 2.20. The molecule has 0 amide bonds. The number of hydrogen-bond donors (Lipinski definition) is 0. The number of likely N-dealkylation sites (tertiary alicyclic amines) is 1. The highest BCUT2D eigenvalue weighted by molar-refractivity contribution is 9.10. The first-order valence-electron chi connectivity index (χ1n) is 6.62. The van der Waals surface area contributed by atoms with E-state index in [0.717, 1.165) is 10.2 Å². The molecule has 100 valence electrons. The lowest BCUT2D eigenvalue weighted by atomic mass is 9.98. The first-order chi connectivity index (χ1) is 9.22. The lowest BCUT2D eigenvalue weighted by molar-refractivity contribution is 0.255. The highest BCUT2D eigenvalue weighted by atomic mass is 79.9. The maximum absolute atomic E-state index is 4.85. The average molecular weight is 337 g/mol. The van der Waals surface area contributed by atoms with Gasteiger partial charge in [0.2, 0.25) is 0 Å². The summed E-state index contributed by atoms with van der Waals surface area (Å²) in [6, 6.07) is 8.37. The van der Waals surface area contributed by atoms with Crippen molar-refractivity contribution in [3.05, 3.63) is 39.1 Å². The molecule has 0 atom stereocenters. The van der Waals surface area contributed by atoms with Crippen molar-refractivity contribution in [2.24, 2.45) is 0 Å². The fraction of sp³-hybridized carbons (Fsp3) is 0.400. The molecule has 3 rings (SSSR count). The quantitative estimate of drug-likeness (QED) is 0.808. The Labute approximate surface area is 126 Å². The van der Waals surface area contributed by atoms with E-state index in [1.165, 1.54) is 36.5 Å². The Kier molecular flexibility index (Phi) is 4.01. The zero-order valence-electron chi connectivity index (χ0n) is 11.0. The van der Waals surface area contributed by atoms with Crippen LogP contribution in [-0.4, -0.2) is 30.0 Å². The Morgan fingerprint density at radius 2 is 2.11 bits per heavy atom. The van der Waals surface area contributed by atoms with E-state index in [4.69, 9.17) is 4.98 Å². The molecule has 1 saturated heterocycles. The van der Waals surface area contributed by atoms with Crippen molar-refractivity contribution in [3.8, 4) is 11.3 Å². The smallest absolute Gasteiger partial charge is 0.0964 e. The van der Waals surface area contributed by atoms with Gasteiger partial charge >= 0.3 is 0 Å². The molecule has 1 aliphatic rings. The Morgan fingerprint density at radius 1 is 1.32 bits per heavy atom. The van der Waals surface area contributed by atoms with Crippen molar-refractivity contribution < 1.29 is 0 Å². The van der Waals surface area contributed by atoms with Gasteiger partial charge in [-0.05, 0) is 45.1 Å². The molecule has 1 aliphatic heterocycles. The van der Waals surface area contributed by atoms with Crippen LogP contribution in [0.3, 0.4) is 0 Å². The van der Waals surface area contributed by atoms with Crippen LogP contribution >= 0.6 is 27.3 Å². The molecule has 0 bridgehead atoms. The molecule has 0 N–H and O–H groups in total. The summed E-state index contributed by atoms with van der Waals surface area (Å²) >= 11 is 5.33. The number of rotatable bonds is 2. The van der Waals surface area contributed by atoms with Gasteiger partial charge in [-0.25, -0.2) is 4.98 Å². The van der Waals surface area contributed by atoms with Crippen molar-refractivity contribution in [3.63, 3.8) is 0 Å². The summed E-state index contributed by atoms with van der Waals surface area (Å²) < 4.78 is 1.11. The molecule has 0 spiro atoms. The SMILES string of the molecule is CN1CCC(c2nc(-c3cccc(Br)c3)cs2)CC1. The topological polar surface area (TPSA) is 16.1 Å². The number of nitrogens with zero attached hydrogens (tertiary/aromatic N) is 2. The highest BCUT2D eigenvalue weighted by Crippen LogP contribution is 2.33. The van der Waals surface area contributed by atoms with Gasteiger partial charge in [0.15, 0.2) is 0 Å². The van der Waals surface area contributed by atoms with Gasteiger partial charge in [0.1, 0.15) is 0 Å². The van der Waals surface area contributed by atoms with E-state index in [1.54, 1.807) is 0 Å². The number of piperidine rings is 1. The molecule has 1 aromatic carbocycles. The molecule has 1 aromatic heterocycles. The van der Waals surface area contributed by atoms with Crippen LogP contribution in [0.1, 0.15) is 23.8 Å². The molecule has 0 aliphatic carbocycles. The molecule has 0 unspecified atom stereocenters. The Bertz CT molecular complexity index is 559. The minimum atomic E-state index is 0.655. The lowest BCUT2D eigenvalue weighted by Gasteiger charge is -2.27. The largest absolute Gasteiger partial charge is 0.306 e. The molecule has 2 aromatic rings. The monoisotopic (exact) mass is 336 g/mol. The normalized spacial score (nSPS) is 17.8. The van der Waals surface area contributed by atoms with E-state index in [1.807, 2.05) is 17.4 Å². The maximum atomic E-state index is 4.85. The second kappa shape index (κ2) is 5.73. The number of thiazole rings is 1. The van der Waals surface area contributed by atoms with E-state index in [9.17, 15) is 0 Å². The highest BCUT2D eigenvalue weighted by Gasteiger charge is 2.21. The lowest BCUT2D eigenvalue weighted by Crippen LogP contribution is -2.29. The molecule has 4 heteroatoms. The van der Waals surface area contributed by atoms with Crippen LogP contribution in [0.15, 0.2) is 34.1 Å². The van der Waals surface area contributed by atoms with E-state index in [0.29, 0.717) is 5.92 Å². The summed E-state index contributed by atoms with van der Waals surface area (Å²) in [5, 5.41) is 3.50. The van der Waals surface area contributed by atoms with Crippen LogP contribution in [0, 0.1) is 0 Å². The third-order valence-electron chi connectivity index (χ3n) is 3.71. The van der Waals surface area contributed by atoms with Crippen molar-refractivity contribution in [1.29, 1.82) is 0 Å². The van der Waals surface area contributed by atoms with Gasteiger partial charge in [0.25, 0.3) is 0 Å². The molecule has 0 radical (unpaired) electrons. The van der Waals surface area contributed by atoms with Gasteiger partial charge < -0.3 is 4.90 Å². The van der Waals surface area contributed by atoms with Crippen LogP contribution in [0.5, 0.6) is 0 Å². The van der Waals surface area contributed by atoms with E-state index in [2.05, 4.69) is 51.5 Å². The summed E-state index contributed by atoms with van der Waals surface area (Å²) in [6.07, 6.45) is 2.48. The zero-order valence-corrected chi connectivity index (χ0v) is 13.4. The van der Waals surface area contributed by atoms with Gasteiger partial charge in [0.05, 0.1) is 10.7 Å². The fourth-order valence-corrected chi connectivity index (χ4v) is 3.91.